The average Bonchev–Trinajstić information content (AvgIpc) is 2.63. The third-order valence-corrected chi connectivity index (χ3v) is 4.86. The first kappa shape index (κ1) is 16.8. The van der Waals surface area contributed by atoms with Crippen LogP contribution in [-0.2, 0) is 9.53 Å². The van der Waals surface area contributed by atoms with E-state index in [9.17, 15) is 9.59 Å². The molecule has 2 saturated heterocycles. The van der Waals surface area contributed by atoms with Crippen LogP contribution >= 0.6 is 0 Å². The number of aryl methyl sites for hydroxylation is 1. The molecule has 2 fully saturated rings. The smallest absolute Gasteiger partial charge is 0.254 e. The first-order valence-electron chi connectivity index (χ1n) is 8.61. The van der Waals surface area contributed by atoms with Crippen LogP contribution in [0.15, 0.2) is 18.2 Å². The number of hydrogen-bond acceptors (Lipinski definition) is 4. The lowest BCUT2D eigenvalue weighted by molar-refractivity contribution is -0.141. The number of carbonyl (C=O) groups excluding carboxylic acids is 2. The van der Waals surface area contributed by atoms with Crippen molar-refractivity contribution in [3.05, 3.63) is 29.3 Å². The number of nitrogens with two attached hydrogens (primary N) is 1. The van der Waals surface area contributed by atoms with Gasteiger partial charge in [-0.25, -0.2) is 0 Å². The quantitative estimate of drug-likeness (QED) is 0.832. The monoisotopic (exact) mass is 331 g/mol. The Balaban J connectivity index is 1.82. The van der Waals surface area contributed by atoms with Crippen molar-refractivity contribution < 1.29 is 14.3 Å². The first-order chi connectivity index (χ1) is 11.6. The molecule has 0 bridgehead atoms. The van der Waals surface area contributed by atoms with Crippen molar-refractivity contribution in [2.75, 3.05) is 38.6 Å². The normalized spacial score (nSPS) is 21.6. The number of likely N-dealkylation sites (tertiary alicyclic amines) is 1. The molecule has 2 amide bonds. The Bertz CT molecular complexity index is 626. The molecule has 3 rings (SSSR count). The molecule has 130 valence electrons. The van der Waals surface area contributed by atoms with Crippen LogP contribution in [0.1, 0.15) is 35.2 Å². The number of benzene rings is 1. The van der Waals surface area contributed by atoms with Crippen LogP contribution in [0.25, 0.3) is 0 Å². The van der Waals surface area contributed by atoms with Gasteiger partial charge in [0.2, 0.25) is 5.91 Å². The molecule has 0 saturated carbocycles. The van der Waals surface area contributed by atoms with Gasteiger partial charge < -0.3 is 20.3 Å². The van der Waals surface area contributed by atoms with Crippen molar-refractivity contribution in [2.45, 2.75) is 32.2 Å². The summed E-state index contributed by atoms with van der Waals surface area (Å²) in [5.41, 5.74) is 7.89. The molecular formula is C18H25N3O3. The van der Waals surface area contributed by atoms with Gasteiger partial charge in [-0.3, -0.25) is 9.59 Å². The molecule has 1 atom stereocenters. The SMILES string of the molecule is Cc1ccc(N)cc1C(=O)N1CCCCC1C(=O)N1CCOCC1. The first-order valence-corrected chi connectivity index (χ1v) is 8.61. The van der Waals surface area contributed by atoms with Gasteiger partial charge in [0, 0.05) is 30.9 Å². The molecule has 6 nitrogen and oxygen atoms in total. The second-order valence-electron chi connectivity index (χ2n) is 6.52. The fourth-order valence-corrected chi connectivity index (χ4v) is 3.45. The maximum absolute atomic E-state index is 13.0. The van der Waals surface area contributed by atoms with Gasteiger partial charge in [-0.2, -0.15) is 0 Å². The molecule has 2 aliphatic heterocycles. The van der Waals surface area contributed by atoms with E-state index >= 15 is 0 Å². The zero-order chi connectivity index (χ0) is 17.1. The van der Waals surface area contributed by atoms with Crippen LogP contribution in [0, 0.1) is 6.92 Å². The maximum atomic E-state index is 13.0. The second kappa shape index (κ2) is 7.21. The molecule has 1 aromatic rings. The van der Waals surface area contributed by atoms with Gasteiger partial charge in [0.15, 0.2) is 0 Å². The fourth-order valence-electron chi connectivity index (χ4n) is 3.45. The zero-order valence-electron chi connectivity index (χ0n) is 14.2. The minimum absolute atomic E-state index is 0.0490. The van der Waals surface area contributed by atoms with Crippen molar-refractivity contribution in [3.8, 4) is 0 Å². The van der Waals surface area contributed by atoms with Crippen molar-refractivity contribution in [3.63, 3.8) is 0 Å². The Kier molecular flexibility index (Phi) is 5.04. The zero-order valence-corrected chi connectivity index (χ0v) is 14.2. The van der Waals surface area contributed by atoms with E-state index in [0.717, 1.165) is 24.8 Å². The van der Waals surface area contributed by atoms with Crippen LogP contribution in [0.4, 0.5) is 5.69 Å². The third kappa shape index (κ3) is 3.38. The minimum atomic E-state index is -0.370. The molecule has 0 aliphatic carbocycles. The summed E-state index contributed by atoms with van der Waals surface area (Å²) in [6, 6.07) is 4.98. The van der Waals surface area contributed by atoms with E-state index in [0.29, 0.717) is 44.1 Å². The van der Waals surface area contributed by atoms with E-state index in [1.165, 1.54) is 0 Å². The number of nitrogens with zero attached hydrogens (tertiary/aromatic N) is 2. The molecule has 2 heterocycles. The lowest BCUT2D eigenvalue weighted by Gasteiger charge is -2.39. The average molecular weight is 331 g/mol. The molecule has 6 heteroatoms. The summed E-state index contributed by atoms with van der Waals surface area (Å²) in [5, 5.41) is 0. The van der Waals surface area contributed by atoms with E-state index in [1.54, 1.807) is 17.0 Å². The minimum Gasteiger partial charge on any atom is -0.399 e. The number of anilines is 1. The highest BCUT2D eigenvalue weighted by Crippen LogP contribution is 2.24. The van der Waals surface area contributed by atoms with Crippen LogP contribution in [0.5, 0.6) is 0 Å². The number of rotatable bonds is 2. The van der Waals surface area contributed by atoms with Crippen molar-refractivity contribution >= 4 is 17.5 Å². The number of carbonyl (C=O) groups is 2. The largest absolute Gasteiger partial charge is 0.399 e. The molecule has 2 N–H and O–H groups in total. The maximum Gasteiger partial charge on any atom is 0.254 e. The fraction of sp³-hybridized carbons (Fsp3) is 0.556. The number of nitrogen functional groups attached to an aromatic ring is 1. The summed E-state index contributed by atoms with van der Waals surface area (Å²) < 4.78 is 5.32. The van der Waals surface area contributed by atoms with Gasteiger partial charge in [0.1, 0.15) is 6.04 Å². The van der Waals surface area contributed by atoms with E-state index in [2.05, 4.69) is 0 Å². The highest BCUT2D eigenvalue weighted by molar-refractivity contribution is 5.99. The van der Waals surface area contributed by atoms with Gasteiger partial charge in [0.05, 0.1) is 13.2 Å². The van der Waals surface area contributed by atoms with E-state index in [-0.39, 0.29) is 17.9 Å². The Morgan fingerprint density at radius 3 is 2.67 bits per heavy atom. The highest BCUT2D eigenvalue weighted by atomic mass is 16.5. The summed E-state index contributed by atoms with van der Waals surface area (Å²) in [7, 11) is 0. The van der Waals surface area contributed by atoms with E-state index in [4.69, 9.17) is 10.5 Å². The summed E-state index contributed by atoms with van der Waals surface area (Å²) in [5.74, 6) is -0.0426. The van der Waals surface area contributed by atoms with Crippen molar-refractivity contribution in [1.82, 2.24) is 9.80 Å². The Morgan fingerprint density at radius 2 is 1.92 bits per heavy atom. The van der Waals surface area contributed by atoms with Gasteiger partial charge >= 0.3 is 0 Å². The molecule has 1 unspecified atom stereocenters. The molecule has 1 aromatic carbocycles. The van der Waals surface area contributed by atoms with Crippen molar-refractivity contribution in [1.29, 1.82) is 0 Å². The van der Waals surface area contributed by atoms with Crippen LogP contribution in [0.2, 0.25) is 0 Å². The lowest BCUT2D eigenvalue weighted by atomic mass is 9.98. The molecular weight excluding hydrogens is 306 g/mol. The number of hydrogen-bond donors (Lipinski definition) is 1. The summed E-state index contributed by atoms with van der Waals surface area (Å²) in [6.07, 6.45) is 2.63. The molecule has 0 radical (unpaired) electrons. The van der Waals surface area contributed by atoms with Crippen LogP contribution in [0.3, 0.4) is 0 Å². The number of piperidine rings is 1. The highest BCUT2D eigenvalue weighted by Gasteiger charge is 2.35. The molecule has 24 heavy (non-hydrogen) atoms. The van der Waals surface area contributed by atoms with Gasteiger partial charge in [-0.15, -0.1) is 0 Å². The topological polar surface area (TPSA) is 75.9 Å². The van der Waals surface area contributed by atoms with Crippen molar-refractivity contribution in [2.24, 2.45) is 0 Å². The molecule has 2 aliphatic rings. The van der Waals surface area contributed by atoms with Gasteiger partial charge in [-0.05, 0) is 43.9 Å². The number of ether oxygens (including phenoxy) is 1. The Labute approximate surface area is 142 Å². The Hall–Kier alpha value is -2.08. The Morgan fingerprint density at radius 1 is 1.17 bits per heavy atom. The third-order valence-electron chi connectivity index (χ3n) is 4.86. The van der Waals surface area contributed by atoms with E-state index in [1.807, 2.05) is 17.9 Å². The van der Waals surface area contributed by atoms with Gasteiger partial charge in [0.25, 0.3) is 5.91 Å². The lowest BCUT2D eigenvalue weighted by Crippen LogP contribution is -2.55. The number of amides is 2. The summed E-state index contributed by atoms with van der Waals surface area (Å²) in [4.78, 5) is 29.5. The predicted octanol–water partition coefficient (Wildman–Crippen LogP) is 1.43. The van der Waals surface area contributed by atoms with Crippen LogP contribution < -0.4 is 5.73 Å². The van der Waals surface area contributed by atoms with E-state index < -0.39 is 0 Å². The predicted molar refractivity (Wildman–Crippen MR) is 91.7 cm³/mol. The van der Waals surface area contributed by atoms with Crippen LogP contribution in [-0.4, -0.2) is 60.5 Å². The molecule has 0 aromatic heterocycles. The summed E-state index contributed by atoms with van der Waals surface area (Å²) in [6.45, 7) is 4.87. The second-order valence-corrected chi connectivity index (χ2v) is 6.52. The van der Waals surface area contributed by atoms with Gasteiger partial charge in [-0.1, -0.05) is 6.07 Å². The summed E-state index contributed by atoms with van der Waals surface area (Å²) >= 11 is 0. The standard InChI is InChI=1S/C18H25N3O3/c1-13-5-6-14(19)12-15(13)17(22)21-7-3-2-4-16(21)18(23)20-8-10-24-11-9-20/h5-6,12,16H,2-4,7-11,19H2,1H3. The number of morpholine rings is 1. The molecule has 0 spiro atoms.